The number of nitrogens with one attached hydrogen (secondary N) is 1. The summed E-state index contributed by atoms with van der Waals surface area (Å²) in [6.45, 7) is 0. The van der Waals surface area contributed by atoms with E-state index in [1.807, 2.05) is 0 Å². The number of hydrogen-bond acceptors (Lipinski definition) is 4. The van der Waals surface area contributed by atoms with Gasteiger partial charge >= 0.3 is 0 Å². The van der Waals surface area contributed by atoms with E-state index in [2.05, 4.69) is 5.32 Å². The lowest BCUT2D eigenvalue weighted by Gasteiger charge is -2.04. The summed E-state index contributed by atoms with van der Waals surface area (Å²) < 4.78 is 0. The molecule has 0 spiro atoms. The number of aromatic hydroxyl groups is 1. The van der Waals surface area contributed by atoms with Crippen molar-refractivity contribution in [2.24, 2.45) is 0 Å². The number of aliphatic hydroxyl groups is 1. The normalized spacial score (nSPS) is 11.3. The Balaban J connectivity index is 3.09. The van der Waals surface area contributed by atoms with Crippen LogP contribution in [-0.4, -0.2) is 17.3 Å². The average Bonchev–Trinajstić information content (AvgIpc) is 2.04. The molecule has 1 rings (SSSR count). The minimum Gasteiger partial charge on any atom is -0.507 e. The van der Waals surface area contributed by atoms with Gasteiger partial charge < -0.3 is 21.3 Å². The van der Waals surface area contributed by atoms with Gasteiger partial charge in [-0.1, -0.05) is 0 Å². The molecule has 0 bridgehead atoms. The Hall–Kier alpha value is -1.84. The molecule has 1 aromatic carbocycles. The minimum atomic E-state index is -0.0380. The van der Waals surface area contributed by atoms with E-state index in [0.29, 0.717) is 11.3 Å². The summed E-state index contributed by atoms with van der Waals surface area (Å²) in [4.78, 5) is 0. The quantitative estimate of drug-likeness (QED) is 0.405. The summed E-state index contributed by atoms with van der Waals surface area (Å²) in [5, 5.41) is 21.4. The highest BCUT2D eigenvalue weighted by Crippen LogP contribution is 2.24. The molecule has 4 nitrogen and oxygen atoms in total. The number of anilines is 1. The molecule has 0 aliphatic rings. The third kappa shape index (κ3) is 2.05. The summed E-state index contributed by atoms with van der Waals surface area (Å²) in [5.74, 6) is -0.0657. The van der Waals surface area contributed by atoms with Gasteiger partial charge in [0.1, 0.15) is 11.5 Å². The van der Waals surface area contributed by atoms with E-state index in [1.54, 1.807) is 19.2 Å². The Morgan fingerprint density at radius 2 is 2.23 bits per heavy atom. The van der Waals surface area contributed by atoms with Crippen LogP contribution < -0.4 is 11.1 Å². The molecule has 4 heteroatoms. The highest BCUT2D eigenvalue weighted by Gasteiger charge is 2.04. The lowest BCUT2D eigenvalue weighted by atomic mass is 10.1. The molecule has 0 aliphatic carbocycles. The number of phenols is 1. The highest BCUT2D eigenvalue weighted by molar-refractivity contribution is 5.66. The Morgan fingerprint density at radius 3 is 2.77 bits per heavy atom. The van der Waals surface area contributed by atoms with Crippen LogP contribution in [-0.2, 0) is 0 Å². The Bertz CT molecular complexity index is 334. The topological polar surface area (TPSA) is 78.5 Å². The molecule has 0 aromatic heterocycles. The Morgan fingerprint density at radius 1 is 1.54 bits per heavy atom. The first-order chi connectivity index (χ1) is 6.15. The van der Waals surface area contributed by atoms with Crippen molar-refractivity contribution < 1.29 is 10.2 Å². The molecule has 5 N–H and O–H groups in total. The molecule has 0 radical (unpaired) electrons. The third-order valence-corrected chi connectivity index (χ3v) is 1.58. The largest absolute Gasteiger partial charge is 0.507 e. The number of nitrogens with two attached hydrogens (primary N) is 1. The molecule has 0 saturated carbocycles. The maximum atomic E-state index is 9.39. The van der Waals surface area contributed by atoms with Crippen molar-refractivity contribution in [3.8, 4) is 5.75 Å². The van der Waals surface area contributed by atoms with Crippen LogP contribution in [0, 0.1) is 0 Å². The molecule has 1 aromatic rings. The molecule has 0 aliphatic heterocycles. The summed E-state index contributed by atoms with van der Waals surface area (Å²) in [6, 6.07) is 4.54. The van der Waals surface area contributed by atoms with Gasteiger partial charge in [-0.05, 0) is 12.1 Å². The van der Waals surface area contributed by atoms with Crippen LogP contribution in [0.2, 0.25) is 0 Å². The highest BCUT2D eigenvalue weighted by atomic mass is 16.3. The first-order valence-corrected chi connectivity index (χ1v) is 3.80. The number of rotatable bonds is 2. The molecule has 0 saturated heterocycles. The monoisotopic (exact) mass is 180 g/mol. The summed E-state index contributed by atoms with van der Waals surface area (Å²) >= 11 is 0. The van der Waals surface area contributed by atoms with E-state index in [0.717, 1.165) is 0 Å². The van der Waals surface area contributed by atoms with Crippen LogP contribution >= 0.6 is 0 Å². The van der Waals surface area contributed by atoms with Crippen LogP contribution in [0.15, 0.2) is 24.4 Å². The molecule has 0 amide bonds. The van der Waals surface area contributed by atoms with Gasteiger partial charge in [-0.2, -0.15) is 0 Å². The van der Waals surface area contributed by atoms with E-state index < -0.39 is 0 Å². The molecule has 13 heavy (non-hydrogen) atoms. The van der Waals surface area contributed by atoms with Crippen molar-refractivity contribution >= 4 is 11.4 Å². The second-order valence-electron chi connectivity index (χ2n) is 2.59. The fourth-order valence-electron chi connectivity index (χ4n) is 0.980. The Kier molecular flexibility index (Phi) is 2.64. The SMILES string of the molecule is CN/C=C(\O)c1ccc(N)cc1O. The van der Waals surface area contributed by atoms with Crippen LogP contribution in [0.1, 0.15) is 5.56 Å². The molecular weight excluding hydrogens is 168 g/mol. The van der Waals surface area contributed by atoms with E-state index >= 15 is 0 Å². The maximum absolute atomic E-state index is 9.39. The van der Waals surface area contributed by atoms with Gasteiger partial charge in [0.25, 0.3) is 0 Å². The van der Waals surface area contributed by atoms with E-state index in [1.165, 1.54) is 12.3 Å². The fraction of sp³-hybridized carbons (Fsp3) is 0.111. The average molecular weight is 180 g/mol. The van der Waals surface area contributed by atoms with Crippen LogP contribution in [0.4, 0.5) is 5.69 Å². The molecule has 0 fully saturated rings. The molecule has 0 heterocycles. The van der Waals surface area contributed by atoms with Gasteiger partial charge in [-0.25, -0.2) is 0 Å². The van der Waals surface area contributed by atoms with Crippen LogP contribution in [0.5, 0.6) is 5.75 Å². The number of nitrogen functional groups attached to an aromatic ring is 1. The lowest BCUT2D eigenvalue weighted by Crippen LogP contribution is -1.96. The number of hydrogen-bond donors (Lipinski definition) is 4. The second kappa shape index (κ2) is 3.71. The Labute approximate surface area is 76.3 Å². The number of aliphatic hydroxyl groups excluding tert-OH is 1. The van der Waals surface area contributed by atoms with Gasteiger partial charge in [-0.15, -0.1) is 0 Å². The van der Waals surface area contributed by atoms with Gasteiger partial charge in [0, 0.05) is 25.0 Å². The maximum Gasteiger partial charge on any atom is 0.142 e. The smallest absolute Gasteiger partial charge is 0.142 e. The van der Waals surface area contributed by atoms with Gasteiger partial charge in [0.05, 0.1) is 5.56 Å². The first-order valence-electron chi connectivity index (χ1n) is 3.80. The molecule has 0 atom stereocenters. The minimum absolute atomic E-state index is 0.0278. The summed E-state index contributed by atoms with van der Waals surface area (Å²) in [6.07, 6.45) is 1.38. The molecule has 70 valence electrons. The number of phenolic OH excluding ortho intramolecular Hbond substituents is 1. The van der Waals surface area contributed by atoms with Crippen molar-refractivity contribution in [2.45, 2.75) is 0 Å². The van der Waals surface area contributed by atoms with Gasteiger partial charge in [0.2, 0.25) is 0 Å². The van der Waals surface area contributed by atoms with Gasteiger partial charge in [0.15, 0.2) is 0 Å². The fourth-order valence-corrected chi connectivity index (χ4v) is 0.980. The summed E-state index contributed by atoms with van der Waals surface area (Å²) in [7, 11) is 1.66. The third-order valence-electron chi connectivity index (χ3n) is 1.58. The standard InChI is InChI=1S/C9H12N2O2/c1-11-5-9(13)7-3-2-6(10)4-8(7)12/h2-5,11-13H,10H2,1H3/b9-5-. The molecule has 0 unspecified atom stereocenters. The zero-order chi connectivity index (χ0) is 9.84. The van der Waals surface area contributed by atoms with Crippen molar-refractivity contribution in [3.63, 3.8) is 0 Å². The second-order valence-corrected chi connectivity index (χ2v) is 2.59. The predicted molar refractivity (Wildman–Crippen MR) is 52.2 cm³/mol. The zero-order valence-corrected chi connectivity index (χ0v) is 7.28. The van der Waals surface area contributed by atoms with Gasteiger partial charge in [-0.3, -0.25) is 0 Å². The predicted octanol–water partition coefficient (Wildman–Crippen LogP) is 1.05. The number of benzene rings is 1. The van der Waals surface area contributed by atoms with Crippen molar-refractivity contribution in [3.05, 3.63) is 30.0 Å². The zero-order valence-electron chi connectivity index (χ0n) is 7.28. The summed E-state index contributed by atoms with van der Waals surface area (Å²) in [5.41, 5.74) is 6.23. The van der Waals surface area contributed by atoms with E-state index in [9.17, 15) is 10.2 Å². The van der Waals surface area contributed by atoms with Crippen molar-refractivity contribution in [1.29, 1.82) is 0 Å². The van der Waals surface area contributed by atoms with Crippen molar-refractivity contribution in [2.75, 3.05) is 12.8 Å². The van der Waals surface area contributed by atoms with E-state index in [4.69, 9.17) is 5.73 Å². The van der Waals surface area contributed by atoms with Crippen LogP contribution in [0.3, 0.4) is 0 Å². The van der Waals surface area contributed by atoms with Crippen molar-refractivity contribution in [1.82, 2.24) is 5.32 Å². The van der Waals surface area contributed by atoms with E-state index in [-0.39, 0.29) is 11.5 Å². The molecular formula is C9H12N2O2. The van der Waals surface area contributed by atoms with Crippen LogP contribution in [0.25, 0.3) is 5.76 Å². The first kappa shape index (κ1) is 9.25. The lowest BCUT2D eigenvalue weighted by molar-refractivity contribution is 0.460.